The molecule has 2 N–H and O–H groups in total. The summed E-state index contributed by atoms with van der Waals surface area (Å²) in [6, 6.07) is 5.15. The van der Waals surface area contributed by atoms with Crippen LogP contribution in [0.2, 0.25) is 0 Å². The predicted molar refractivity (Wildman–Crippen MR) is 89.0 cm³/mol. The second kappa shape index (κ2) is 10.5. The van der Waals surface area contributed by atoms with Crippen molar-refractivity contribution in [1.29, 1.82) is 0 Å². The molecule has 1 aromatic carbocycles. The minimum absolute atomic E-state index is 0.119. The van der Waals surface area contributed by atoms with Gasteiger partial charge in [-0.15, -0.1) is 0 Å². The summed E-state index contributed by atoms with van der Waals surface area (Å²) in [5, 5.41) is 5.38. The van der Waals surface area contributed by atoms with Gasteiger partial charge in [-0.3, -0.25) is 9.59 Å². The molecule has 2 amide bonds. The molecule has 0 aliphatic heterocycles. The van der Waals surface area contributed by atoms with Gasteiger partial charge in [0.2, 0.25) is 5.91 Å². The molecule has 0 saturated heterocycles. The fraction of sp³-hybridized carbons (Fsp3) is 0.529. The maximum absolute atomic E-state index is 12.1. The van der Waals surface area contributed by atoms with E-state index in [4.69, 9.17) is 9.47 Å². The molecule has 1 rings (SSSR count). The quantitative estimate of drug-likeness (QED) is 0.647. The van der Waals surface area contributed by atoms with Crippen molar-refractivity contribution in [3.05, 3.63) is 23.8 Å². The van der Waals surface area contributed by atoms with Gasteiger partial charge in [0.05, 0.1) is 13.2 Å². The van der Waals surface area contributed by atoms with Crippen molar-refractivity contribution < 1.29 is 19.1 Å². The number of amides is 2. The fourth-order valence-electron chi connectivity index (χ4n) is 1.82. The van der Waals surface area contributed by atoms with Crippen LogP contribution in [0.1, 0.15) is 44.0 Å². The van der Waals surface area contributed by atoms with Crippen molar-refractivity contribution in [2.24, 2.45) is 0 Å². The molecule has 128 valence electrons. The van der Waals surface area contributed by atoms with E-state index in [0.717, 1.165) is 12.8 Å². The van der Waals surface area contributed by atoms with Gasteiger partial charge in [-0.05, 0) is 31.0 Å². The second-order valence-electron chi connectivity index (χ2n) is 5.10. The summed E-state index contributed by atoms with van der Waals surface area (Å²) in [5.74, 6) is 0.899. The summed E-state index contributed by atoms with van der Waals surface area (Å²) >= 11 is 0. The molecule has 0 spiro atoms. The smallest absolute Gasteiger partial charge is 0.251 e. The van der Waals surface area contributed by atoms with Gasteiger partial charge in [-0.25, -0.2) is 0 Å². The van der Waals surface area contributed by atoms with Gasteiger partial charge < -0.3 is 20.1 Å². The Morgan fingerprint density at radius 2 is 1.57 bits per heavy atom. The van der Waals surface area contributed by atoms with Gasteiger partial charge in [0.1, 0.15) is 0 Å². The second-order valence-corrected chi connectivity index (χ2v) is 5.10. The van der Waals surface area contributed by atoms with Crippen LogP contribution in [0.15, 0.2) is 18.2 Å². The molecule has 0 fully saturated rings. The predicted octanol–water partition coefficient (Wildman–Crippen LogP) is 2.13. The first-order chi connectivity index (χ1) is 11.1. The van der Waals surface area contributed by atoms with Crippen LogP contribution >= 0.6 is 0 Å². The number of hydrogen-bond donors (Lipinski definition) is 2. The standard InChI is InChI=1S/C17H26N2O4/c1-4-10-22-15-7-6-14(12-16(15)23-11-5-2)17(21)19-9-8-18-13(3)20/h6-7,12H,4-5,8-11H2,1-3H3,(H,18,20)(H,19,21). The first kappa shape index (κ1) is 18.8. The van der Waals surface area contributed by atoms with E-state index < -0.39 is 0 Å². The maximum atomic E-state index is 12.1. The average molecular weight is 322 g/mol. The number of ether oxygens (including phenoxy) is 2. The summed E-state index contributed by atoms with van der Waals surface area (Å²) in [6.45, 7) is 7.43. The largest absolute Gasteiger partial charge is 0.490 e. The molecule has 0 aromatic heterocycles. The van der Waals surface area contributed by atoms with Crippen molar-refractivity contribution >= 4 is 11.8 Å². The summed E-state index contributed by atoms with van der Waals surface area (Å²) in [6.07, 6.45) is 1.78. The molecule has 6 heteroatoms. The lowest BCUT2D eigenvalue weighted by Crippen LogP contribution is -2.33. The van der Waals surface area contributed by atoms with Gasteiger partial charge in [0, 0.05) is 25.6 Å². The highest BCUT2D eigenvalue weighted by molar-refractivity contribution is 5.94. The van der Waals surface area contributed by atoms with Gasteiger partial charge in [-0.1, -0.05) is 13.8 Å². The van der Waals surface area contributed by atoms with Crippen molar-refractivity contribution in [2.75, 3.05) is 26.3 Å². The number of hydrogen-bond acceptors (Lipinski definition) is 4. The van der Waals surface area contributed by atoms with E-state index >= 15 is 0 Å². The summed E-state index contributed by atoms with van der Waals surface area (Å²) in [5.41, 5.74) is 0.503. The number of carbonyl (C=O) groups excluding carboxylic acids is 2. The molecule has 0 bridgehead atoms. The van der Waals surface area contributed by atoms with Crippen LogP contribution in [0.25, 0.3) is 0 Å². The summed E-state index contributed by atoms with van der Waals surface area (Å²) in [7, 11) is 0. The minimum atomic E-state index is -0.209. The third-order valence-corrected chi connectivity index (χ3v) is 2.91. The Morgan fingerprint density at radius 1 is 0.957 bits per heavy atom. The highest BCUT2D eigenvalue weighted by atomic mass is 16.5. The van der Waals surface area contributed by atoms with Crippen molar-refractivity contribution in [2.45, 2.75) is 33.6 Å². The number of rotatable bonds is 10. The topological polar surface area (TPSA) is 76.7 Å². The van der Waals surface area contributed by atoms with E-state index in [9.17, 15) is 9.59 Å². The van der Waals surface area contributed by atoms with Crippen LogP contribution in [-0.4, -0.2) is 38.1 Å². The van der Waals surface area contributed by atoms with Crippen LogP contribution in [0.3, 0.4) is 0 Å². The van der Waals surface area contributed by atoms with E-state index in [1.54, 1.807) is 18.2 Å². The Bertz CT molecular complexity index is 517. The van der Waals surface area contributed by atoms with Crippen molar-refractivity contribution in [3.8, 4) is 11.5 Å². The SMILES string of the molecule is CCCOc1ccc(C(=O)NCCNC(C)=O)cc1OCCC. The molecule has 1 aromatic rings. The normalized spacial score (nSPS) is 10.0. The highest BCUT2D eigenvalue weighted by Gasteiger charge is 2.11. The first-order valence-electron chi connectivity index (χ1n) is 8.00. The molecule has 0 saturated carbocycles. The van der Waals surface area contributed by atoms with E-state index in [1.165, 1.54) is 6.92 Å². The number of benzene rings is 1. The number of nitrogens with one attached hydrogen (secondary N) is 2. The van der Waals surface area contributed by atoms with Gasteiger partial charge in [0.25, 0.3) is 5.91 Å². The lowest BCUT2D eigenvalue weighted by Gasteiger charge is -2.13. The molecule has 0 radical (unpaired) electrons. The minimum Gasteiger partial charge on any atom is -0.490 e. The Kier molecular flexibility index (Phi) is 8.57. The molecule has 0 atom stereocenters. The molecular weight excluding hydrogens is 296 g/mol. The van der Waals surface area contributed by atoms with Crippen LogP contribution in [0.5, 0.6) is 11.5 Å². The number of carbonyl (C=O) groups is 2. The maximum Gasteiger partial charge on any atom is 0.251 e. The Hall–Kier alpha value is -2.24. The molecule has 23 heavy (non-hydrogen) atoms. The van der Waals surface area contributed by atoms with E-state index in [2.05, 4.69) is 10.6 Å². The molecule has 0 aliphatic rings. The Morgan fingerprint density at radius 3 is 2.17 bits per heavy atom. The molecule has 6 nitrogen and oxygen atoms in total. The van der Waals surface area contributed by atoms with Crippen LogP contribution < -0.4 is 20.1 Å². The lowest BCUT2D eigenvalue weighted by molar-refractivity contribution is -0.118. The van der Waals surface area contributed by atoms with Crippen LogP contribution in [0, 0.1) is 0 Å². The lowest BCUT2D eigenvalue weighted by atomic mass is 10.2. The highest BCUT2D eigenvalue weighted by Crippen LogP contribution is 2.28. The van der Waals surface area contributed by atoms with Crippen molar-refractivity contribution in [1.82, 2.24) is 10.6 Å². The molecule has 0 aliphatic carbocycles. The van der Waals surface area contributed by atoms with Crippen LogP contribution in [0.4, 0.5) is 0 Å². The molecule has 0 unspecified atom stereocenters. The Labute approximate surface area is 137 Å². The van der Waals surface area contributed by atoms with E-state index in [1.807, 2.05) is 13.8 Å². The third-order valence-electron chi connectivity index (χ3n) is 2.91. The fourth-order valence-corrected chi connectivity index (χ4v) is 1.82. The zero-order valence-corrected chi connectivity index (χ0v) is 14.1. The molecular formula is C17H26N2O4. The van der Waals surface area contributed by atoms with E-state index in [-0.39, 0.29) is 11.8 Å². The summed E-state index contributed by atoms with van der Waals surface area (Å²) < 4.78 is 11.3. The molecule has 0 heterocycles. The van der Waals surface area contributed by atoms with Gasteiger partial charge >= 0.3 is 0 Å². The average Bonchev–Trinajstić information content (AvgIpc) is 2.54. The zero-order chi connectivity index (χ0) is 17.1. The van der Waals surface area contributed by atoms with Crippen LogP contribution in [-0.2, 0) is 4.79 Å². The van der Waals surface area contributed by atoms with Gasteiger partial charge in [0.15, 0.2) is 11.5 Å². The van der Waals surface area contributed by atoms with E-state index in [0.29, 0.717) is 43.4 Å². The first-order valence-corrected chi connectivity index (χ1v) is 8.00. The van der Waals surface area contributed by atoms with Crippen molar-refractivity contribution in [3.63, 3.8) is 0 Å². The summed E-state index contributed by atoms with van der Waals surface area (Å²) in [4.78, 5) is 22.9. The van der Waals surface area contributed by atoms with Gasteiger partial charge in [-0.2, -0.15) is 0 Å². The zero-order valence-electron chi connectivity index (χ0n) is 14.1. The third kappa shape index (κ3) is 7.04. The Balaban J connectivity index is 2.70. The monoisotopic (exact) mass is 322 g/mol.